The van der Waals surface area contributed by atoms with Crippen molar-refractivity contribution < 1.29 is 116 Å². The number of methoxy groups -OCH3 is 2. The maximum Gasteiger partial charge on any atom is 0.409 e. The summed E-state index contributed by atoms with van der Waals surface area (Å²) < 4.78 is 52.8. The number of nitrogens with one attached hydrogen (secondary N) is 10. The molecule has 0 aliphatic carbocycles. The number of hydrogen-bond acceptors (Lipinski definition) is 30. The maximum atomic E-state index is 15.2. The van der Waals surface area contributed by atoms with Crippen LogP contribution in [-0.2, 0) is 112 Å². The monoisotopic (exact) mass is 2000 g/mol. The molecule has 5 aromatic rings. The molecule has 0 spiro atoms. The lowest BCUT2D eigenvalue weighted by Crippen LogP contribution is -2.63. The second kappa shape index (κ2) is 56.4. The summed E-state index contributed by atoms with van der Waals surface area (Å²) in [5.41, 5.74) is 7.47. The van der Waals surface area contributed by atoms with Gasteiger partial charge in [0.2, 0.25) is 53.2 Å². The number of aromatic nitrogens is 1. The molecule has 3 fully saturated rings. The third-order valence-electron chi connectivity index (χ3n) is 24.1. The first kappa shape index (κ1) is 112. The summed E-state index contributed by atoms with van der Waals surface area (Å²) >= 11 is 6.87. The number of nitrogens with two attached hydrogens (primary N) is 1. The number of ether oxygens (including phenoxy) is 9. The SMILES string of the molecule is COc1cc2cc(c1Cl)N(C)C(=O)C[C@H](OC(=O)[C@H](C)N(C)C(=O)CCSSCCOCCOCCOCCOCCCN[C@H](Cc1ccccc1)C(=O)N[C@H]1CSSC[C@@H](C(=O)N[C@H](CO)[C@@H](C)O)NC(=O)[C@H]([C@@H](C)O)NC(=O)[C@H](CCCCN)NC(=O)[C@@H](Cc3c[nH]c4ccccc34)NC(=O)[C@H](Cc3ccccc3)NC1=O)[C@]1(C)O[C@H]1[C@H](C)[C@@H]1C[C@@](O)(NC(=O)O1)[C@H](OC)/C=C/C=C(\C)C2. The standard InChI is InChI=1S/C95H134ClN13O24S4/c1-57-23-21-31-78(126-10)95(124)52-77(131-93(123)107-95)58(2)84-94(6,133-84)79(51-81(114)109(8)75-48-64(45-57)49-76(125-9)82(75)96)132-92(122)59(3)108(7)80(113)32-43-134-135-44-42-130-41-40-129-39-38-128-37-36-127-35-22-34-98-69(46-62-24-13-11-14-25-62)86(116)104-73-55-136-137-56-74(90(120)103-72(54-110)60(4)111)105-91(121)83(61(5)112)106-85(115)68(30-19-20-33-97)100-88(118)71(50-65-53-99-67-29-18-17-28-66(65)67)102-87(117)70(101-89(73)119)47-63-26-15-12-16-27-63/h11-18,21,23-29,31,48-49,53,58-61,68-74,77-79,83-84,98-99,110-112,124H,19-20,22,30,32-47,50-52,54-56,97H2,1-10H3,(H,100,118)(H,101,119)(H,102,117)(H,103,120)(H,104,116)(H,105,121)(H,106,115)(H,107,123)/b31-21+,57-23+/t58-,59+,60-,61-,68+,69-,70+,71-,72-,73+,74+,77+,78-,79+,83+,84+,94+,95+/m1/s1. The van der Waals surface area contributed by atoms with Crippen LogP contribution in [0.3, 0.4) is 0 Å². The lowest BCUT2D eigenvalue weighted by molar-refractivity contribution is -0.162. The van der Waals surface area contributed by atoms with Crippen LogP contribution < -0.4 is 63.2 Å². The van der Waals surface area contributed by atoms with Gasteiger partial charge in [-0.05, 0) is 127 Å². The fourth-order valence-corrected chi connectivity index (χ4v) is 20.3. The Hall–Kier alpha value is -9.12. The van der Waals surface area contributed by atoms with Crippen LogP contribution in [0.4, 0.5) is 10.5 Å². The van der Waals surface area contributed by atoms with E-state index < -0.39 is 174 Å². The minimum absolute atomic E-state index is 0.00159. The van der Waals surface area contributed by atoms with Gasteiger partial charge in [0.25, 0.3) is 0 Å². The molecule has 37 nitrogen and oxygen atoms in total. The number of likely N-dealkylation sites (N-methyl/N-ethyl adjacent to an activating group) is 1. The highest BCUT2D eigenvalue weighted by molar-refractivity contribution is 8.77. The topological polar surface area (TPSA) is 512 Å². The van der Waals surface area contributed by atoms with E-state index in [1.165, 1.54) is 73.4 Å². The van der Waals surface area contributed by atoms with Gasteiger partial charge >= 0.3 is 12.1 Å². The molecule has 42 heteroatoms. The minimum atomic E-state index is -1.89. The number of alkyl carbamates (subject to hydrolysis) is 1. The van der Waals surface area contributed by atoms with E-state index in [0.29, 0.717) is 86.2 Å². The van der Waals surface area contributed by atoms with Crippen molar-refractivity contribution in [3.8, 4) is 5.75 Å². The summed E-state index contributed by atoms with van der Waals surface area (Å²) in [7, 11) is 11.0. The van der Waals surface area contributed by atoms with E-state index >= 15 is 9.59 Å². The summed E-state index contributed by atoms with van der Waals surface area (Å²) in [4.78, 5) is 165. The first-order chi connectivity index (χ1) is 65.7. The number of amides is 10. The molecule has 137 heavy (non-hydrogen) atoms. The third kappa shape index (κ3) is 34.1. The van der Waals surface area contributed by atoms with Crippen LogP contribution >= 0.6 is 54.8 Å². The minimum Gasteiger partial charge on any atom is -0.495 e. The molecular formula is C95H134ClN13O24S4. The first-order valence-corrected chi connectivity index (χ1v) is 51.4. The molecule has 4 aliphatic heterocycles. The smallest absolute Gasteiger partial charge is 0.409 e. The number of hydrogen-bond donors (Lipinski definition) is 15. The Balaban J connectivity index is 0.735. The molecule has 0 unspecified atom stereocenters. The fraction of sp³-hybridized carbons (Fsp3) is 0.568. The number of para-hydroxylation sites is 1. The molecule has 18 atom stereocenters. The van der Waals surface area contributed by atoms with Gasteiger partial charge in [0.05, 0.1) is 102 Å². The van der Waals surface area contributed by atoms with Gasteiger partial charge in [-0.25, -0.2) is 9.59 Å². The number of H-pyrrole nitrogens is 1. The van der Waals surface area contributed by atoms with Gasteiger partial charge in [-0.3, -0.25) is 48.5 Å². The number of fused-ring (bicyclic) bond motifs is 6. The van der Waals surface area contributed by atoms with Crippen LogP contribution in [0.15, 0.2) is 127 Å². The van der Waals surface area contributed by atoms with Gasteiger partial charge in [-0.1, -0.05) is 164 Å². The van der Waals surface area contributed by atoms with Crippen molar-refractivity contribution >= 4 is 137 Å². The number of aliphatic hydroxyl groups excluding tert-OH is 3. The zero-order valence-corrected chi connectivity index (χ0v) is 83.1. The molecule has 3 saturated heterocycles. The van der Waals surface area contributed by atoms with Gasteiger partial charge in [-0.15, -0.1) is 0 Å². The van der Waals surface area contributed by atoms with E-state index in [1.54, 1.807) is 81.7 Å². The molecule has 4 bridgehead atoms. The molecule has 754 valence electrons. The number of unbranched alkanes of at least 4 members (excludes halogenated alkanes) is 1. The Labute approximate surface area is 820 Å². The molecule has 16 N–H and O–H groups in total. The quantitative estimate of drug-likeness (QED) is 0.0110. The number of aromatic amines is 1. The summed E-state index contributed by atoms with van der Waals surface area (Å²) in [6, 6.07) is 17.0. The van der Waals surface area contributed by atoms with Crippen molar-refractivity contribution in [1.82, 2.24) is 57.7 Å². The molecule has 10 amide bonds. The maximum absolute atomic E-state index is 15.2. The molecule has 0 saturated carbocycles. The molecule has 0 radical (unpaired) electrons. The normalized spacial score (nSPS) is 25.2. The van der Waals surface area contributed by atoms with E-state index in [0.717, 1.165) is 49.2 Å². The Kier molecular flexibility index (Phi) is 45.9. The molecule has 5 heterocycles. The molecule has 1 aromatic heterocycles. The number of aliphatic hydroxyl groups is 4. The summed E-state index contributed by atoms with van der Waals surface area (Å²) in [5, 5.41) is 69.7. The molecular weight excluding hydrogens is 1870 g/mol. The zero-order valence-electron chi connectivity index (χ0n) is 79.1. The zero-order chi connectivity index (χ0) is 99.3. The third-order valence-corrected chi connectivity index (χ3v) is 29.3. The van der Waals surface area contributed by atoms with E-state index in [-0.39, 0.29) is 107 Å². The average Bonchev–Trinajstić information content (AvgIpc) is 1.57. The van der Waals surface area contributed by atoms with E-state index in [2.05, 4.69) is 52.8 Å². The van der Waals surface area contributed by atoms with Gasteiger partial charge in [-0.2, -0.15) is 0 Å². The molecule has 4 aliphatic rings. The number of carbonyl (C=O) groups is 11. The Morgan fingerprint density at radius 3 is 2.05 bits per heavy atom. The van der Waals surface area contributed by atoms with Crippen LogP contribution in [0.1, 0.15) is 109 Å². The predicted molar refractivity (Wildman–Crippen MR) is 524 cm³/mol. The van der Waals surface area contributed by atoms with Crippen LogP contribution in [-0.4, -0.2) is 322 Å². The van der Waals surface area contributed by atoms with Crippen molar-refractivity contribution in [3.05, 3.63) is 154 Å². The van der Waals surface area contributed by atoms with Crippen molar-refractivity contribution in [2.75, 3.05) is 129 Å². The Morgan fingerprint density at radius 2 is 1.39 bits per heavy atom. The van der Waals surface area contributed by atoms with E-state index in [4.69, 9.17) is 60.0 Å². The number of allylic oxidation sites excluding steroid dienone is 3. The van der Waals surface area contributed by atoms with E-state index in [9.17, 15) is 63.6 Å². The van der Waals surface area contributed by atoms with E-state index in [1.807, 2.05) is 67.6 Å². The van der Waals surface area contributed by atoms with Gasteiger partial charge in [0.1, 0.15) is 77.0 Å². The number of esters is 1. The number of rotatable bonds is 43. The number of halogens is 1. The number of anilines is 1. The summed E-state index contributed by atoms with van der Waals surface area (Å²) in [5.74, 6) is -7.00. The van der Waals surface area contributed by atoms with Crippen molar-refractivity contribution in [2.45, 2.75) is 214 Å². The van der Waals surface area contributed by atoms with Gasteiger partial charge < -0.3 is 126 Å². The van der Waals surface area contributed by atoms with Crippen molar-refractivity contribution in [3.63, 3.8) is 0 Å². The lowest BCUT2D eigenvalue weighted by Gasteiger charge is -2.42. The Bertz CT molecular complexity index is 4840. The molecule has 4 aromatic carbocycles. The number of epoxide rings is 1. The van der Waals surface area contributed by atoms with Gasteiger partial charge in [0.15, 0.2) is 5.72 Å². The average molecular weight is 2010 g/mol. The highest BCUT2D eigenvalue weighted by Crippen LogP contribution is 2.50. The van der Waals surface area contributed by atoms with Crippen molar-refractivity contribution in [2.24, 2.45) is 11.7 Å². The van der Waals surface area contributed by atoms with Crippen LogP contribution in [0.5, 0.6) is 5.75 Å². The van der Waals surface area contributed by atoms with Crippen molar-refractivity contribution in [1.29, 1.82) is 0 Å². The highest BCUT2D eigenvalue weighted by atomic mass is 35.5. The lowest BCUT2D eigenvalue weighted by atomic mass is 9.83. The van der Waals surface area contributed by atoms with Crippen LogP contribution in [0.2, 0.25) is 5.02 Å². The van der Waals surface area contributed by atoms with Gasteiger partial charge in [0, 0.05) is 99.5 Å². The predicted octanol–water partition coefficient (Wildman–Crippen LogP) is 4.58. The largest absolute Gasteiger partial charge is 0.495 e. The highest BCUT2D eigenvalue weighted by Gasteiger charge is 2.65. The number of benzene rings is 4. The van der Waals surface area contributed by atoms with Crippen LogP contribution in [0.25, 0.3) is 10.9 Å². The number of carbonyl (C=O) groups excluding carboxylic acids is 11. The Morgan fingerprint density at radius 1 is 0.759 bits per heavy atom. The fourth-order valence-electron chi connectivity index (χ4n) is 15.8. The van der Waals surface area contributed by atoms with Crippen LogP contribution in [0, 0.1) is 5.92 Å². The summed E-state index contributed by atoms with van der Waals surface area (Å²) in [6.45, 7) is 11.8. The first-order valence-electron chi connectivity index (χ1n) is 46.0. The second-order valence-corrected chi connectivity index (χ2v) is 40.1. The molecule has 9 rings (SSSR count). The second-order valence-electron chi connectivity index (χ2n) is 34.5. The summed E-state index contributed by atoms with van der Waals surface area (Å²) in [6.07, 6.45) is 0.529. The number of nitrogens with zero attached hydrogens (tertiary/aromatic N) is 2.